The second-order valence-corrected chi connectivity index (χ2v) is 8.32. The third kappa shape index (κ3) is 5.49. The van der Waals surface area contributed by atoms with Crippen molar-refractivity contribution in [2.75, 3.05) is 26.7 Å². The predicted molar refractivity (Wildman–Crippen MR) is 119 cm³/mol. The summed E-state index contributed by atoms with van der Waals surface area (Å²) >= 11 is 1.26. The Morgan fingerprint density at radius 1 is 1.22 bits per heavy atom. The molecule has 0 radical (unpaired) electrons. The van der Waals surface area contributed by atoms with Crippen LogP contribution >= 0.6 is 11.3 Å². The molecule has 0 spiro atoms. The topological polar surface area (TPSA) is 84.9 Å². The molecule has 1 aliphatic rings. The molecule has 32 heavy (non-hydrogen) atoms. The molecule has 3 aromatic rings. The van der Waals surface area contributed by atoms with Crippen molar-refractivity contribution in [2.45, 2.75) is 19.3 Å². The van der Waals surface area contributed by atoms with Gasteiger partial charge in [0.1, 0.15) is 17.2 Å². The molecule has 1 aliphatic heterocycles. The van der Waals surface area contributed by atoms with Crippen LogP contribution in [0.5, 0.6) is 5.75 Å². The van der Waals surface area contributed by atoms with Crippen LogP contribution in [0.2, 0.25) is 0 Å². The van der Waals surface area contributed by atoms with Gasteiger partial charge in [-0.3, -0.25) is 19.6 Å². The highest BCUT2D eigenvalue weighted by atomic mass is 32.1. The van der Waals surface area contributed by atoms with E-state index in [0.717, 1.165) is 17.0 Å². The zero-order chi connectivity index (χ0) is 22.3. The lowest BCUT2D eigenvalue weighted by atomic mass is 10.2. The summed E-state index contributed by atoms with van der Waals surface area (Å²) < 4.78 is 11.5. The number of methoxy groups -OCH3 is 1. The van der Waals surface area contributed by atoms with E-state index < -0.39 is 0 Å². The Morgan fingerprint density at radius 2 is 2.12 bits per heavy atom. The number of hydrogen-bond acceptors (Lipinski definition) is 7. The van der Waals surface area contributed by atoms with Crippen LogP contribution in [-0.4, -0.2) is 64.4 Å². The molecule has 2 aromatic heterocycles. The summed E-state index contributed by atoms with van der Waals surface area (Å²) in [5, 5.41) is 0. The van der Waals surface area contributed by atoms with E-state index in [1.165, 1.54) is 17.5 Å². The quantitative estimate of drug-likeness (QED) is 0.548. The van der Waals surface area contributed by atoms with Crippen molar-refractivity contribution < 1.29 is 19.1 Å². The summed E-state index contributed by atoms with van der Waals surface area (Å²) in [6, 6.07) is 13.2. The third-order valence-electron chi connectivity index (χ3n) is 5.16. The van der Waals surface area contributed by atoms with Gasteiger partial charge in [0.2, 0.25) is 5.91 Å². The Labute approximate surface area is 190 Å². The fourth-order valence-electron chi connectivity index (χ4n) is 3.53. The van der Waals surface area contributed by atoms with Gasteiger partial charge in [0, 0.05) is 19.3 Å². The number of thiazole rings is 1. The van der Waals surface area contributed by atoms with Crippen molar-refractivity contribution in [3.63, 3.8) is 0 Å². The maximum absolute atomic E-state index is 13.0. The molecule has 4 rings (SSSR count). The van der Waals surface area contributed by atoms with Crippen LogP contribution < -0.4 is 4.74 Å². The van der Waals surface area contributed by atoms with E-state index in [1.807, 2.05) is 42.5 Å². The number of carbonyl (C=O) groups is 2. The van der Waals surface area contributed by atoms with Crippen molar-refractivity contribution in [1.29, 1.82) is 0 Å². The SMILES string of the molecule is COc1cccc(CO[C@H]2CN(Cc3ccccn3)C(=O)CN(C(=O)c3cncs3)C2)c1. The van der Waals surface area contributed by atoms with E-state index in [-0.39, 0.29) is 24.5 Å². The fourth-order valence-corrected chi connectivity index (χ4v) is 4.12. The van der Waals surface area contributed by atoms with Crippen LogP contribution in [0.15, 0.2) is 60.4 Å². The molecule has 8 nitrogen and oxygen atoms in total. The number of benzene rings is 1. The van der Waals surface area contributed by atoms with Gasteiger partial charge in [-0.1, -0.05) is 18.2 Å². The zero-order valence-electron chi connectivity index (χ0n) is 17.7. The van der Waals surface area contributed by atoms with Crippen LogP contribution in [0, 0.1) is 0 Å². The van der Waals surface area contributed by atoms with Gasteiger partial charge in [0.15, 0.2) is 0 Å². The highest BCUT2D eigenvalue weighted by Crippen LogP contribution is 2.18. The Hall–Kier alpha value is -3.30. The van der Waals surface area contributed by atoms with Crippen molar-refractivity contribution in [3.05, 3.63) is 76.5 Å². The highest BCUT2D eigenvalue weighted by molar-refractivity contribution is 7.11. The smallest absolute Gasteiger partial charge is 0.266 e. The second kappa shape index (κ2) is 10.3. The van der Waals surface area contributed by atoms with Crippen molar-refractivity contribution in [3.8, 4) is 5.75 Å². The van der Waals surface area contributed by atoms with Gasteiger partial charge in [-0.05, 0) is 29.8 Å². The molecular weight excluding hydrogens is 428 g/mol. The van der Waals surface area contributed by atoms with E-state index in [2.05, 4.69) is 9.97 Å². The summed E-state index contributed by atoms with van der Waals surface area (Å²) in [5.41, 5.74) is 3.35. The molecule has 0 bridgehead atoms. The maximum atomic E-state index is 13.0. The summed E-state index contributed by atoms with van der Waals surface area (Å²) in [4.78, 5) is 38.1. The Bertz CT molecular complexity index is 1050. The van der Waals surface area contributed by atoms with Gasteiger partial charge in [-0.25, -0.2) is 0 Å². The number of pyridine rings is 1. The summed E-state index contributed by atoms with van der Waals surface area (Å²) in [7, 11) is 1.62. The van der Waals surface area contributed by atoms with Gasteiger partial charge >= 0.3 is 0 Å². The number of aromatic nitrogens is 2. The molecule has 2 amide bonds. The first kappa shape index (κ1) is 21.9. The average molecular weight is 453 g/mol. The van der Waals surface area contributed by atoms with Crippen LogP contribution in [0.3, 0.4) is 0 Å². The van der Waals surface area contributed by atoms with Gasteiger partial charge in [-0.15, -0.1) is 11.3 Å². The minimum absolute atomic E-state index is 0.0113. The Morgan fingerprint density at radius 3 is 2.88 bits per heavy atom. The average Bonchev–Trinajstić information content (AvgIpc) is 3.31. The second-order valence-electron chi connectivity index (χ2n) is 7.43. The largest absolute Gasteiger partial charge is 0.497 e. The zero-order valence-corrected chi connectivity index (χ0v) is 18.5. The molecule has 0 saturated carbocycles. The Balaban J connectivity index is 1.52. The first-order valence-electron chi connectivity index (χ1n) is 10.2. The van der Waals surface area contributed by atoms with Crippen LogP contribution in [0.25, 0.3) is 0 Å². The number of nitrogens with zero attached hydrogens (tertiary/aromatic N) is 4. The van der Waals surface area contributed by atoms with Crippen LogP contribution in [-0.2, 0) is 22.7 Å². The van der Waals surface area contributed by atoms with Gasteiger partial charge in [0.25, 0.3) is 5.91 Å². The lowest BCUT2D eigenvalue weighted by Gasteiger charge is -2.24. The number of carbonyl (C=O) groups excluding carboxylic acids is 2. The summed E-state index contributed by atoms with van der Waals surface area (Å²) in [5.74, 6) is 0.400. The fraction of sp³-hybridized carbons (Fsp3) is 0.304. The van der Waals surface area contributed by atoms with E-state index in [0.29, 0.717) is 31.1 Å². The molecule has 3 heterocycles. The molecule has 1 aromatic carbocycles. The minimum atomic E-state index is -0.353. The van der Waals surface area contributed by atoms with E-state index >= 15 is 0 Å². The Kier molecular flexibility index (Phi) is 7.08. The maximum Gasteiger partial charge on any atom is 0.266 e. The third-order valence-corrected chi connectivity index (χ3v) is 5.92. The number of hydrogen-bond donors (Lipinski definition) is 0. The number of ether oxygens (including phenoxy) is 2. The minimum Gasteiger partial charge on any atom is -0.497 e. The van der Waals surface area contributed by atoms with Crippen LogP contribution in [0.4, 0.5) is 0 Å². The monoisotopic (exact) mass is 452 g/mol. The van der Waals surface area contributed by atoms with Crippen molar-refractivity contribution >= 4 is 23.2 Å². The lowest BCUT2D eigenvalue weighted by Crippen LogP contribution is -2.39. The first-order chi connectivity index (χ1) is 15.6. The standard InChI is InChI=1S/C23H24N4O4S/c1-30-19-7-4-5-17(9-19)15-31-20-12-26(11-18-6-2-3-8-25-18)22(28)14-27(13-20)23(29)21-10-24-16-32-21/h2-10,16,20H,11-15H2,1H3/t20-/m0/s1. The van der Waals surface area contributed by atoms with E-state index in [1.54, 1.807) is 28.6 Å². The molecule has 1 fully saturated rings. The van der Waals surface area contributed by atoms with Crippen molar-refractivity contribution in [1.82, 2.24) is 19.8 Å². The van der Waals surface area contributed by atoms with E-state index in [9.17, 15) is 9.59 Å². The first-order valence-corrected chi connectivity index (χ1v) is 11.1. The van der Waals surface area contributed by atoms with Gasteiger partial charge < -0.3 is 19.3 Å². The van der Waals surface area contributed by atoms with Gasteiger partial charge in [-0.2, -0.15) is 0 Å². The highest BCUT2D eigenvalue weighted by Gasteiger charge is 2.32. The molecule has 166 valence electrons. The lowest BCUT2D eigenvalue weighted by molar-refractivity contribution is -0.132. The van der Waals surface area contributed by atoms with E-state index in [4.69, 9.17) is 9.47 Å². The summed E-state index contributed by atoms with van der Waals surface area (Å²) in [6.45, 7) is 1.37. The molecule has 0 N–H and O–H groups in total. The van der Waals surface area contributed by atoms with Gasteiger partial charge in [0.05, 0.1) is 43.8 Å². The molecule has 0 aliphatic carbocycles. The molecule has 0 unspecified atom stereocenters. The van der Waals surface area contributed by atoms with Crippen LogP contribution in [0.1, 0.15) is 20.9 Å². The molecular formula is C23H24N4O4S. The molecule has 1 saturated heterocycles. The molecule has 1 atom stereocenters. The predicted octanol–water partition coefficient (Wildman–Crippen LogP) is 2.62. The summed E-state index contributed by atoms with van der Waals surface area (Å²) in [6.07, 6.45) is 2.88. The number of amides is 2. The van der Waals surface area contributed by atoms with Crippen molar-refractivity contribution in [2.24, 2.45) is 0 Å². The molecule has 9 heteroatoms. The normalized spacial score (nSPS) is 16.7. The number of rotatable bonds is 7.